The summed E-state index contributed by atoms with van der Waals surface area (Å²) in [5, 5.41) is 2.44. The number of likely N-dealkylation sites (N-methyl/N-ethyl adjacent to an activating group) is 1. The molecule has 1 unspecified atom stereocenters. The largest absolute Gasteiger partial charge is 0.329 e. The molecule has 1 aromatic heterocycles. The third-order valence-corrected chi connectivity index (χ3v) is 4.95. The summed E-state index contributed by atoms with van der Waals surface area (Å²) in [4.78, 5) is 3.32. The van der Waals surface area contributed by atoms with E-state index in [1.807, 2.05) is 12.4 Å². The van der Waals surface area contributed by atoms with Crippen LogP contribution in [0.2, 0.25) is 5.02 Å². The lowest BCUT2D eigenvalue weighted by Gasteiger charge is -2.27. The van der Waals surface area contributed by atoms with E-state index in [0.29, 0.717) is 11.6 Å². The summed E-state index contributed by atoms with van der Waals surface area (Å²) < 4.78 is 14.5. The maximum absolute atomic E-state index is 13.5. The van der Waals surface area contributed by atoms with Crippen LogP contribution in [-0.2, 0) is 6.54 Å². The molecule has 20 heavy (non-hydrogen) atoms. The first-order chi connectivity index (χ1) is 9.49. The van der Waals surface area contributed by atoms with Gasteiger partial charge in [0.25, 0.3) is 0 Å². The van der Waals surface area contributed by atoms with Crippen molar-refractivity contribution in [2.24, 2.45) is 5.73 Å². The number of hydrogen-bond donors (Lipinski definition) is 1. The quantitative estimate of drug-likeness (QED) is 0.835. The van der Waals surface area contributed by atoms with E-state index in [1.54, 1.807) is 17.4 Å². The standard InChI is InChI=1S/C14H15BrClFN2S/c1-19(7-13-4-10(15)8-20-13)14(6-18)9-2-11(16)5-12(17)3-9/h2-5,8,14H,6-7,18H2,1H3. The van der Waals surface area contributed by atoms with Gasteiger partial charge in [-0.25, -0.2) is 4.39 Å². The zero-order chi connectivity index (χ0) is 14.7. The van der Waals surface area contributed by atoms with Crippen molar-refractivity contribution in [1.29, 1.82) is 0 Å². The van der Waals surface area contributed by atoms with Gasteiger partial charge in [0.15, 0.2) is 0 Å². The van der Waals surface area contributed by atoms with Crippen molar-refractivity contribution in [3.63, 3.8) is 0 Å². The zero-order valence-electron chi connectivity index (χ0n) is 10.9. The minimum atomic E-state index is -0.335. The number of rotatable bonds is 5. The molecular formula is C14H15BrClFN2S. The highest BCUT2D eigenvalue weighted by atomic mass is 79.9. The Kier molecular flexibility index (Phi) is 5.57. The van der Waals surface area contributed by atoms with Crippen LogP contribution in [-0.4, -0.2) is 18.5 Å². The van der Waals surface area contributed by atoms with Gasteiger partial charge in [-0.05, 0) is 52.8 Å². The Morgan fingerprint density at radius 2 is 2.15 bits per heavy atom. The topological polar surface area (TPSA) is 29.3 Å². The number of benzene rings is 1. The van der Waals surface area contributed by atoms with Crippen molar-refractivity contribution in [2.75, 3.05) is 13.6 Å². The van der Waals surface area contributed by atoms with Crippen molar-refractivity contribution in [1.82, 2.24) is 4.90 Å². The Morgan fingerprint density at radius 1 is 1.40 bits per heavy atom. The molecule has 0 fully saturated rings. The van der Waals surface area contributed by atoms with Crippen molar-refractivity contribution in [3.8, 4) is 0 Å². The molecule has 0 spiro atoms. The molecule has 0 aliphatic heterocycles. The second kappa shape index (κ2) is 7.00. The van der Waals surface area contributed by atoms with Gasteiger partial charge in [0.1, 0.15) is 5.82 Å². The fourth-order valence-electron chi connectivity index (χ4n) is 2.13. The number of nitrogens with two attached hydrogens (primary N) is 1. The number of thiophene rings is 1. The second-order valence-corrected chi connectivity index (χ2v) is 6.95. The summed E-state index contributed by atoms with van der Waals surface area (Å²) in [5.74, 6) is -0.335. The molecule has 0 bridgehead atoms. The van der Waals surface area contributed by atoms with Gasteiger partial charge in [0.2, 0.25) is 0 Å². The average Bonchev–Trinajstić information content (AvgIpc) is 2.74. The normalized spacial score (nSPS) is 12.9. The Bertz CT molecular complexity index is 570. The van der Waals surface area contributed by atoms with Gasteiger partial charge in [-0.3, -0.25) is 4.90 Å². The van der Waals surface area contributed by atoms with Gasteiger partial charge in [0, 0.05) is 38.9 Å². The molecule has 0 radical (unpaired) electrons. The number of hydrogen-bond acceptors (Lipinski definition) is 3. The molecule has 1 heterocycles. The Labute approximate surface area is 135 Å². The third kappa shape index (κ3) is 4.02. The predicted octanol–water partition coefficient (Wildman–Crippen LogP) is 4.43. The van der Waals surface area contributed by atoms with Crippen molar-refractivity contribution in [2.45, 2.75) is 12.6 Å². The zero-order valence-corrected chi connectivity index (χ0v) is 14.1. The van der Waals surface area contributed by atoms with Crippen LogP contribution >= 0.6 is 38.9 Å². The van der Waals surface area contributed by atoms with Crippen LogP contribution in [0.15, 0.2) is 34.1 Å². The van der Waals surface area contributed by atoms with Crippen LogP contribution in [0, 0.1) is 5.82 Å². The lowest BCUT2D eigenvalue weighted by molar-refractivity contribution is 0.243. The Morgan fingerprint density at radius 3 is 2.70 bits per heavy atom. The van der Waals surface area contributed by atoms with Gasteiger partial charge in [-0.2, -0.15) is 0 Å². The van der Waals surface area contributed by atoms with E-state index >= 15 is 0 Å². The summed E-state index contributed by atoms with van der Waals surface area (Å²) in [6.45, 7) is 1.16. The fourth-order valence-corrected chi connectivity index (χ4v) is 3.87. The Hall–Kier alpha value is -0.460. The van der Waals surface area contributed by atoms with Crippen LogP contribution in [0.25, 0.3) is 0 Å². The highest BCUT2D eigenvalue weighted by Crippen LogP contribution is 2.27. The monoisotopic (exact) mass is 376 g/mol. The molecule has 6 heteroatoms. The molecule has 2 N–H and O–H groups in total. The van der Waals surface area contributed by atoms with E-state index in [2.05, 4.69) is 26.9 Å². The van der Waals surface area contributed by atoms with Crippen LogP contribution in [0.4, 0.5) is 4.39 Å². The predicted molar refractivity (Wildman–Crippen MR) is 86.7 cm³/mol. The Balaban J connectivity index is 2.18. The van der Waals surface area contributed by atoms with Crippen molar-refractivity contribution >= 4 is 38.9 Å². The molecule has 0 amide bonds. The maximum Gasteiger partial charge on any atom is 0.125 e. The van der Waals surface area contributed by atoms with Crippen molar-refractivity contribution in [3.05, 3.63) is 55.4 Å². The molecule has 0 saturated heterocycles. The summed E-state index contributed by atoms with van der Waals surface area (Å²) >= 11 is 11.0. The van der Waals surface area contributed by atoms with Gasteiger partial charge in [0.05, 0.1) is 0 Å². The number of nitrogens with zero attached hydrogens (tertiary/aromatic N) is 1. The first-order valence-corrected chi connectivity index (χ1v) is 8.14. The molecule has 1 atom stereocenters. The van der Waals surface area contributed by atoms with Gasteiger partial charge >= 0.3 is 0 Å². The molecular weight excluding hydrogens is 363 g/mol. The molecule has 0 saturated carbocycles. The van der Waals surface area contributed by atoms with Crippen LogP contribution in [0.3, 0.4) is 0 Å². The smallest absolute Gasteiger partial charge is 0.125 e. The third-order valence-electron chi connectivity index (χ3n) is 3.05. The van der Waals surface area contributed by atoms with Gasteiger partial charge in [-0.1, -0.05) is 11.6 Å². The van der Waals surface area contributed by atoms with E-state index in [1.165, 1.54) is 17.0 Å². The molecule has 108 valence electrons. The second-order valence-electron chi connectivity index (χ2n) is 4.60. The SMILES string of the molecule is CN(Cc1cc(Br)cs1)C(CN)c1cc(F)cc(Cl)c1. The van der Waals surface area contributed by atoms with E-state index < -0.39 is 0 Å². The molecule has 0 aliphatic carbocycles. The summed E-state index contributed by atoms with van der Waals surface area (Å²) in [6.07, 6.45) is 0. The number of halogens is 3. The maximum atomic E-state index is 13.5. The van der Waals surface area contributed by atoms with Crippen LogP contribution < -0.4 is 5.73 Å². The highest BCUT2D eigenvalue weighted by molar-refractivity contribution is 9.10. The van der Waals surface area contributed by atoms with Gasteiger partial charge < -0.3 is 5.73 Å². The first kappa shape index (κ1) is 15.9. The first-order valence-electron chi connectivity index (χ1n) is 6.09. The van der Waals surface area contributed by atoms with Crippen LogP contribution in [0.5, 0.6) is 0 Å². The molecule has 0 aliphatic rings. The average molecular weight is 378 g/mol. The molecule has 2 nitrogen and oxygen atoms in total. The van der Waals surface area contributed by atoms with E-state index in [4.69, 9.17) is 17.3 Å². The molecule has 2 rings (SSSR count). The summed E-state index contributed by atoms with van der Waals surface area (Å²) in [6, 6.07) is 6.57. The molecule has 1 aromatic carbocycles. The summed E-state index contributed by atoms with van der Waals surface area (Å²) in [7, 11) is 1.98. The van der Waals surface area contributed by atoms with Crippen molar-refractivity contribution < 1.29 is 4.39 Å². The van der Waals surface area contributed by atoms with E-state index in [9.17, 15) is 4.39 Å². The lowest BCUT2D eigenvalue weighted by atomic mass is 10.1. The van der Waals surface area contributed by atoms with E-state index in [-0.39, 0.29) is 11.9 Å². The lowest BCUT2D eigenvalue weighted by Crippen LogP contribution is -2.30. The highest BCUT2D eigenvalue weighted by Gasteiger charge is 2.17. The molecule has 2 aromatic rings. The van der Waals surface area contributed by atoms with E-state index in [0.717, 1.165) is 16.6 Å². The van der Waals surface area contributed by atoms with Crippen LogP contribution in [0.1, 0.15) is 16.5 Å². The van der Waals surface area contributed by atoms with Gasteiger partial charge in [-0.15, -0.1) is 11.3 Å². The minimum absolute atomic E-state index is 0.0657. The summed E-state index contributed by atoms with van der Waals surface area (Å²) in [5.41, 5.74) is 6.65. The fraction of sp³-hybridized carbons (Fsp3) is 0.286. The minimum Gasteiger partial charge on any atom is -0.329 e.